The van der Waals surface area contributed by atoms with Crippen molar-refractivity contribution in [1.29, 1.82) is 0 Å². The van der Waals surface area contributed by atoms with Crippen molar-refractivity contribution in [2.24, 2.45) is 4.99 Å². The van der Waals surface area contributed by atoms with Gasteiger partial charge in [0, 0.05) is 17.2 Å². The first-order valence-electron chi connectivity index (χ1n) is 10.8. The molecule has 3 rings (SSSR count). The molecule has 3 aromatic carbocycles. The second-order valence-corrected chi connectivity index (χ2v) is 9.43. The Hall–Kier alpha value is -2.91. The van der Waals surface area contributed by atoms with Crippen molar-refractivity contribution in [1.82, 2.24) is 0 Å². The third kappa shape index (κ3) is 7.06. The zero-order chi connectivity index (χ0) is 23.1. The van der Waals surface area contributed by atoms with Crippen LogP contribution in [-0.4, -0.2) is 17.8 Å². The topological polar surface area (TPSA) is 38.7 Å². The molecule has 0 N–H and O–H groups in total. The number of rotatable bonds is 7. The second-order valence-electron chi connectivity index (χ2n) is 8.99. The summed E-state index contributed by atoms with van der Waals surface area (Å²) in [5.74, 6) is -0.426. The molecule has 32 heavy (non-hydrogen) atoms. The molecule has 0 saturated heterocycles. The van der Waals surface area contributed by atoms with Crippen LogP contribution >= 0.6 is 11.6 Å². The van der Waals surface area contributed by atoms with Gasteiger partial charge in [0.05, 0.1) is 12.5 Å². The number of nitrogens with zero attached hydrogens (tertiary/aromatic N) is 1. The lowest BCUT2D eigenvalue weighted by Gasteiger charge is -2.27. The van der Waals surface area contributed by atoms with Gasteiger partial charge in [0.1, 0.15) is 5.60 Å². The number of hydrogen-bond acceptors (Lipinski definition) is 3. The molecular weight excluding hydrogens is 418 g/mol. The van der Waals surface area contributed by atoms with E-state index in [0.717, 1.165) is 16.7 Å². The van der Waals surface area contributed by atoms with Gasteiger partial charge in [0.2, 0.25) is 0 Å². The average Bonchev–Trinajstić information content (AvgIpc) is 2.75. The molecule has 3 aromatic rings. The van der Waals surface area contributed by atoms with Gasteiger partial charge < -0.3 is 4.74 Å². The van der Waals surface area contributed by atoms with Crippen LogP contribution in [-0.2, 0) is 9.53 Å². The van der Waals surface area contributed by atoms with Crippen molar-refractivity contribution in [2.45, 2.75) is 51.7 Å². The molecule has 0 saturated carbocycles. The fraction of sp³-hybridized carbons (Fsp3) is 0.286. The summed E-state index contributed by atoms with van der Waals surface area (Å²) in [5.41, 5.74) is 3.70. The van der Waals surface area contributed by atoms with Crippen molar-refractivity contribution in [3.05, 3.63) is 106 Å². The molecule has 2 atom stereocenters. The van der Waals surface area contributed by atoms with Gasteiger partial charge in [-0.1, -0.05) is 83.9 Å². The molecule has 4 heteroatoms. The van der Waals surface area contributed by atoms with E-state index in [9.17, 15) is 4.79 Å². The zero-order valence-corrected chi connectivity index (χ0v) is 19.8. The Morgan fingerprint density at radius 3 is 2.16 bits per heavy atom. The van der Waals surface area contributed by atoms with Crippen LogP contribution < -0.4 is 0 Å². The summed E-state index contributed by atoms with van der Waals surface area (Å²) in [6, 6.07) is 25.6. The number of carbonyl (C=O) groups excluding carboxylic acids is 1. The minimum Gasteiger partial charge on any atom is -0.460 e. The van der Waals surface area contributed by atoms with E-state index in [1.54, 1.807) is 0 Å². The number of aliphatic imine (C=N–C) groups is 1. The van der Waals surface area contributed by atoms with Crippen LogP contribution in [0.1, 0.15) is 61.4 Å². The molecular formula is C28H30ClNO2. The molecule has 0 radical (unpaired) electrons. The number of ether oxygens (including phenoxy) is 1. The maximum atomic E-state index is 12.8. The highest BCUT2D eigenvalue weighted by Gasteiger charge is 2.29. The van der Waals surface area contributed by atoms with Crippen LogP contribution in [0.4, 0.5) is 0 Å². The lowest BCUT2D eigenvalue weighted by atomic mass is 9.85. The van der Waals surface area contributed by atoms with Gasteiger partial charge in [0.25, 0.3) is 0 Å². The molecule has 0 aliphatic rings. The van der Waals surface area contributed by atoms with Gasteiger partial charge in [-0.2, -0.15) is 0 Å². The summed E-state index contributed by atoms with van der Waals surface area (Å²) in [6.45, 7) is 7.71. The third-order valence-corrected chi connectivity index (χ3v) is 5.34. The van der Waals surface area contributed by atoms with E-state index in [-0.39, 0.29) is 24.3 Å². The van der Waals surface area contributed by atoms with Crippen molar-refractivity contribution < 1.29 is 9.53 Å². The molecule has 166 valence electrons. The summed E-state index contributed by atoms with van der Waals surface area (Å²) in [4.78, 5) is 17.8. The second kappa shape index (κ2) is 10.6. The normalized spacial score (nSPS) is 13.7. The monoisotopic (exact) mass is 447 g/mol. The first-order chi connectivity index (χ1) is 15.2. The van der Waals surface area contributed by atoms with Crippen molar-refractivity contribution in [2.75, 3.05) is 0 Å². The molecule has 0 spiro atoms. The molecule has 0 aromatic heterocycles. The quantitative estimate of drug-likeness (QED) is 0.281. The van der Waals surface area contributed by atoms with Crippen LogP contribution in [0.2, 0.25) is 5.02 Å². The molecule has 0 heterocycles. The number of esters is 1. The Kier molecular flexibility index (Phi) is 7.87. The zero-order valence-electron chi connectivity index (χ0n) is 19.1. The first kappa shape index (κ1) is 23.7. The van der Waals surface area contributed by atoms with Crippen molar-refractivity contribution in [3.8, 4) is 0 Å². The summed E-state index contributed by atoms with van der Waals surface area (Å²) in [5, 5.41) is 0.665. The average molecular weight is 448 g/mol. The van der Waals surface area contributed by atoms with Gasteiger partial charge in [-0.25, -0.2) is 0 Å². The maximum Gasteiger partial charge on any atom is 0.307 e. The number of carbonyl (C=O) groups is 1. The highest BCUT2D eigenvalue weighted by molar-refractivity contribution is 6.30. The number of hydrogen-bond donors (Lipinski definition) is 0. The fourth-order valence-corrected chi connectivity index (χ4v) is 3.70. The molecule has 0 unspecified atom stereocenters. The van der Waals surface area contributed by atoms with Crippen LogP contribution in [0.5, 0.6) is 0 Å². The van der Waals surface area contributed by atoms with Gasteiger partial charge in [-0.05, 0) is 56.5 Å². The van der Waals surface area contributed by atoms with Crippen LogP contribution in [0.3, 0.4) is 0 Å². The Bertz CT molecular complexity index is 1040. The molecule has 0 aliphatic heterocycles. The predicted molar refractivity (Wildman–Crippen MR) is 133 cm³/mol. The van der Waals surface area contributed by atoms with Gasteiger partial charge in [0.15, 0.2) is 0 Å². The number of halogens is 1. The molecule has 0 fully saturated rings. The van der Waals surface area contributed by atoms with Gasteiger partial charge >= 0.3 is 5.97 Å². The lowest BCUT2D eigenvalue weighted by Crippen LogP contribution is -2.26. The molecule has 0 amide bonds. The maximum absolute atomic E-state index is 12.8. The van der Waals surface area contributed by atoms with Crippen molar-refractivity contribution >= 4 is 23.8 Å². The summed E-state index contributed by atoms with van der Waals surface area (Å²) < 4.78 is 5.66. The number of benzene rings is 3. The minimum atomic E-state index is -0.542. The Morgan fingerprint density at radius 1 is 0.938 bits per heavy atom. The van der Waals surface area contributed by atoms with Crippen LogP contribution in [0.25, 0.3) is 0 Å². The van der Waals surface area contributed by atoms with E-state index in [1.807, 2.05) is 93.7 Å². The standard InChI is InChI=1S/C28H30ClNO2/c1-20-10-12-21(13-11-20)19-30-27(23-14-16-24(29)17-15-23)25(22-8-6-5-7-9-22)18-26(31)32-28(2,3)4/h5-17,19,25,27H,18H2,1-4H3/t25-,27-/m0/s1. The molecule has 0 aliphatic carbocycles. The Morgan fingerprint density at radius 2 is 1.56 bits per heavy atom. The SMILES string of the molecule is Cc1ccc(C=N[C@@H](c2ccc(Cl)cc2)[C@@H](CC(=O)OC(C)(C)C)c2ccccc2)cc1. The van der Waals surface area contributed by atoms with E-state index < -0.39 is 5.60 Å². The van der Waals surface area contributed by atoms with E-state index >= 15 is 0 Å². The van der Waals surface area contributed by atoms with E-state index in [2.05, 4.69) is 19.1 Å². The van der Waals surface area contributed by atoms with Gasteiger partial charge in [-0.3, -0.25) is 9.79 Å². The van der Waals surface area contributed by atoms with Gasteiger partial charge in [-0.15, -0.1) is 0 Å². The number of aryl methyl sites for hydroxylation is 1. The molecule has 0 bridgehead atoms. The predicted octanol–water partition coefficient (Wildman–Crippen LogP) is 7.32. The van der Waals surface area contributed by atoms with E-state index in [0.29, 0.717) is 5.02 Å². The van der Waals surface area contributed by atoms with Crippen LogP contribution in [0.15, 0.2) is 83.9 Å². The fourth-order valence-electron chi connectivity index (χ4n) is 3.58. The first-order valence-corrected chi connectivity index (χ1v) is 11.2. The highest BCUT2D eigenvalue weighted by atomic mass is 35.5. The largest absolute Gasteiger partial charge is 0.460 e. The van der Waals surface area contributed by atoms with Crippen molar-refractivity contribution in [3.63, 3.8) is 0 Å². The third-order valence-electron chi connectivity index (χ3n) is 5.09. The summed E-state index contributed by atoms with van der Waals surface area (Å²) >= 11 is 6.15. The van der Waals surface area contributed by atoms with E-state index in [1.165, 1.54) is 5.56 Å². The lowest BCUT2D eigenvalue weighted by molar-refractivity contribution is -0.155. The highest BCUT2D eigenvalue weighted by Crippen LogP contribution is 2.38. The van der Waals surface area contributed by atoms with Crippen LogP contribution in [0, 0.1) is 6.92 Å². The molecule has 3 nitrogen and oxygen atoms in total. The van der Waals surface area contributed by atoms with E-state index in [4.69, 9.17) is 21.3 Å². The summed E-state index contributed by atoms with van der Waals surface area (Å²) in [6.07, 6.45) is 2.10. The Balaban J connectivity index is 2.02. The Labute approximate surface area is 196 Å². The summed E-state index contributed by atoms with van der Waals surface area (Å²) in [7, 11) is 0. The smallest absolute Gasteiger partial charge is 0.307 e. The minimum absolute atomic E-state index is 0.186.